The van der Waals surface area contributed by atoms with E-state index < -0.39 is 18.0 Å². The number of methoxy groups -OCH3 is 1. The number of esters is 1. The lowest BCUT2D eigenvalue weighted by molar-refractivity contribution is -0.123. The van der Waals surface area contributed by atoms with Crippen molar-refractivity contribution in [3.8, 4) is 5.75 Å². The second-order valence-corrected chi connectivity index (χ2v) is 7.65. The highest BCUT2D eigenvalue weighted by atomic mass is 35.5. The van der Waals surface area contributed by atoms with Crippen molar-refractivity contribution in [3.05, 3.63) is 58.6 Å². The summed E-state index contributed by atoms with van der Waals surface area (Å²) in [6, 6.07) is 12.0. The first-order valence-electron chi connectivity index (χ1n) is 8.57. The van der Waals surface area contributed by atoms with E-state index >= 15 is 0 Å². The number of nitrogens with one attached hydrogen (secondary N) is 1. The molecule has 0 aliphatic heterocycles. The molecular weight excluding hydrogens is 366 g/mol. The normalized spacial score (nSPS) is 12.2. The number of benzene rings is 2. The SMILES string of the molecule is COc1ccc(Cl)cc1NC(=O)C(C)OC(=O)c1ccc(C(C)(C)C)cc1. The number of rotatable bonds is 5. The predicted molar refractivity (Wildman–Crippen MR) is 107 cm³/mol. The molecule has 0 radical (unpaired) electrons. The summed E-state index contributed by atoms with van der Waals surface area (Å²) in [4.78, 5) is 24.7. The highest BCUT2D eigenvalue weighted by molar-refractivity contribution is 6.31. The lowest BCUT2D eigenvalue weighted by Crippen LogP contribution is -2.30. The van der Waals surface area contributed by atoms with Crippen LogP contribution in [0.15, 0.2) is 42.5 Å². The smallest absolute Gasteiger partial charge is 0.338 e. The van der Waals surface area contributed by atoms with Gasteiger partial charge in [0.25, 0.3) is 5.91 Å². The van der Waals surface area contributed by atoms with Crippen molar-refractivity contribution in [2.24, 2.45) is 0 Å². The van der Waals surface area contributed by atoms with Gasteiger partial charge in [-0.2, -0.15) is 0 Å². The summed E-state index contributed by atoms with van der Waals surface area (Å²) >= 11 is 5.95. The second-order valence-electron chi connectivity index (χ2n) is 7.21. The molecule has 1 unspecified atom stereocenters. The molecule has 1 N–H and O–H groups in total. The van der Waals surface area contributed by atoms with Gasteiger partial charge in [-0.1, -0.05) is 44.5 Å². The van der Waals surface area contributed by atoms with Gasteiger partial charge >= 0.3 is 5.97 Å². The Morgan fingerprint density at radius 2 is 1.70 bits per heavy atom. The van der Waals surface area contributed by atoms with E-state index in [1.165, 1.54) is 14.0 Å². The lowest BCUT2D eigenvalue weighted by Gasteiger charge is -2.19. The first kappa shape index (κ1) is 20.8. The van der Waals surface area contributed by atoms with Crippen molar-refractivity contribution in [2.45, 2.75) is 39.2 Å². The number of carbonyl (C=O) groups is 2. The van der Waals surface area contributed by atoms with Crippen LogP contribution < -0.4 is 10.1 Å². The van der Waals surface area contributed by atoms with Crippen LogP contribution in [0, 0.1) is 0 Å². The van der Waals surface area contributed by atoms with Crippen molar-refractivity contribution in [3.63, 3.8) is 0 Å². The summed E-state index contributed by atoms with van der Waals surface area (Å²) in [5, 5.41) is 3.12. The summed E-state index contributed by atoms with van der Waals surface area (Å²) in [6.07, 6.45) is -0.983. The summed E-state index contributed by atoms with van der Waals surface area (Å²) in [5.74, 6) is -0.574. The third-order valence-electron chi connectivity index (χ3n) is 4.06. The Balaban J connectivity index is 2.03. The number of carbonyl (C=O) groups excluding carboxylic acids is 2. The number of ether oxygens (including phenoxy) is 2. The fraction of sp³-hybridized carbons (Fsp3) is 0.333. The number of amides is 1. The van der Waals surface area contributed by atoms with Gasteiger partial charge in [0.2, 0.25) is 0 Å². The van der Waals surface area contributed by atoms with Crippen LogP contribution in [-0.2, 0) is 14.9 Å². The van der Waals surface area contributed by atoms with E-state index in [1.807, 2.05) is 12.1 Å². The molecular formula is C21H24ClNO4. The average Bonchev–Trinajstić information content (AvgIpc) is 2.61. The van der Waals surface area contributed by atoms with Crippen molar-refractivity contribution in [1.29, 1.82) is 0 Å². The Morgan fingerprint density at radius 3 is 2.26 bits per heavy atom. The third kappa shape index (κ3) is 5.47. The molecule has 0 fully saturated rings. The molecule has 2 rings (SSSR count). The number of anilines is 1. The quantitative estimate of drug-likeness (QED) is 0.744. The van der Waals surface area contributed by atoms with Gasteiger partial charge < -0.3 is 14.8 Å². The molecule has 5 nitrogen and oxygen atoms in total. The largest absolute Gasteiger partial charge is 0.495 e. The maximum Gasteiger partial charge on any atom is 0.338 e. The molecule has 2 aromatic rings. The Kier molecular flexibility index (Phi) is 6.50. The first-order valence-corrected chi connectivity index (χ1v) is 8.95. The monoisotopic (exact) mass is 389 g/mol. The number of hydrogen-bond donors (Lipinski definition) is 1. The van der Waals surface area contributed by atoms with Crippen molar-refractivity contribution in [2.75, 3.05) is 12.4 Å². The Bertz CT molecular complexity index is 825. The third-order valence-corrected chi connectivity index (χ3v) is 4.29. The minimum atomic E-state index is -0.983. The van der Waals surface area contributed by atoms with Gasteiger partial charge in [-0.15, -0.1) is 0 Å². The van der Waals surface area contributed by atoms with Crippen molar-refractivity contribution in [1.82, 2.24) is 0 Å². The van der Waals surface area contributed by atoms with Crippen LogP contribution >= 0.6 is 11.6 Å². The Hall–Kier alpha value is -2.53. The molecule has 1 amide bonds. The molecule has 0 saturated carbocycles. The fourth-order valence-electron chi connectivity index (χ4n) is 2.40. The van der Waals surface area contributed by atoms with Gasteiger partial charge in [-0.05, 0) is 48.2 Å². The average molecular weight is 390 g/mol. The first-order chi connectivity index (χ1) is 12.6. The van der Waals surface area contributed by atoms with E-state index in [0.29, 0.717) is 22.0 Å². The fourth-order valence-corrected chi connectivity index (χ4v) is 2.57. The molecule has 0 spiro atoms. The number of halogens is 1. The zero-order valence-corrected chi connectivity index (χ0v) is 16.9. The molecule has 2 aromatic carbocycles. The zero-order chi connectivity index (χ0) is 20.2. The summed E-state index contributed by atoms with van der Waals surface area (Å²) < 4.78 is 10.5. The summed E-state index contributed by atoms with van der Waals surface area (Å²) in [5.41, 5.74) is 1.90. The predicted octanol–water partition coefficient (Wildman–Crippen LogP) is 4.83. The van der Waals surface area contributed by atoms with E-state index in [2.05, 4.69) is 26.1 Å². The van der Waals surface area contributed by atoms with E-state index in [0.717, 1.165) is 5.56 Å². The highest BCUT2D eigenvalue weighted by Crippen LogP contribution is 2.28. The molecule has 0 heterocycles. The molecule has 0 saturated heterocycles. The summed E-state index contributed by atoms with van der Waals surface area (Å²) in [6.45, 7) is 7.79. The molecule has 6 heteroatoms. The van der Waals surface area contributed by atoms with Gasteiger partial charge in [-0.3, -0.25) is 4.79 Å². The topological polar surface area (TPSA) is 64.6 Å². The maximum absolute atomic E-state index is 12.4. The number of hydrogen-bond acceptors (Lipinski definition) is 4. The van der Waals surface area contributed by atoms with Crippen LogP contribution in [0.1, 0.15) is 43.6 Å². The highest BCUT2D eigenvalue weighted by Gasteiger charge is 2.21. The van der Waals surface area contributed by atoms with Crippen LogP contribution in [0.25, 0.3) is 0 Å². The lowest BCUT2D eigenvalue weighted by atomic mass is 9.87. The molecule has 0 bridgehead atoms. The van der Waals surface area contributed by atoms with Crippen molar-refractivity contribution >= 4 is 29.2 Å². The van der Waals surface area contributed by atoms with E-state index in [1.54, 1.807) is 30.3 Å². The van der Waals surface area contributed by atoms with E-state index in [4.69, 9.17) is 21.1 Å². The molecule has 0 aliphatic rings. The van der Waals surface area contributed by atoms with Crippen LogP contribution in [0.3, 0.4) is 0 Å². The van der Waals surface area contributed by atoms with Gasteiger partial charge in [0, 0.05) is 5.02 Å². The van der Waals surface area contributed by atoms with E-state index in [9.17, 15) is 9.59 Å². The minimum absolute atomic E-state index is 0.00831. The van der Waals surface area contributed by atoms with Gasteiger partial charge in [0.1, 0.15) is 5.75 Å². The zero-order valence-electron chi connectivity index (χ0n) is 16.1. The van der Waals surface area contributed by atoms with Gasteiger partial charge in [0.05, 0.1) is 18.4 Å². The van der Waals surface area contributed by atoms with Crippen LogP contribution in [0.5, 0.6) is 5.75 Å². The molecule has 0 aromatic heterocycles. The molecule has 27 heavy (non-hydrogen) atoms. The van der Waals surface area contributed by atoms with Crippen LogP contribution in [0.4, 0.5) is 5.69 Å². The van der Waals surface area contributed by atoms with Crippen molar-refractivity contribution < 1.29 is 19.1 Å². The summed E-state index contributed by atoms with van der Waals surface area (Å²) in [7, 11) is 1.49. The molecule has 0 aliphatic carbocycles. The standard InChI is InChI=1S/C21H24ClNO4/c1-13(19(24)23-17-12-16(22)10-11-18(17)26-5)27-20(25)14-6-8-15(9-7-14)21(2,3)4/h6-13H,1-5H3,(H,23,24). The minimum Gasteiger partial charge on any atom is -0.495 e. The van der Waals surface area contributed by atoms with Crippen LogP contribution in [-0.4, -0.2) is 25.1 Å². The van der Waals surface area contributed by atoms with Crippen LogP contribution in [0.2, 0.25) is 5.02 Å². The maximum atomic E-state index is 12.4. The molecule has 1 atom stereocenters. The Labute approximate surface area is 164 Å². The second kappa shape index (κ2) is 8.44. The Morgan fingerprint density at radius 1 is 1.07 bits per heavy atom. The van der Waals surface area contributed by atoms with E-state index in [-0.39, 0.29) is 5.41 Å². The molecule has 144 valence electrons. The van der Waals surface area contributed by atoms with Gasteiger partial charge in [0.15, 0.2) is 6.10 Å². The van der Waals surface area contributed by atoms with Gasteiger partial charge in [-0.25, -0.2) is 4.79 Å².